The molecule has 0 unspecified atom stereocenters. The molecule has 0 amide bonds. The van der Waals surface area contributed by atoms with Gasteiger partial charge in [-0.15, -0.1) is 0 Å². The SMILES string of the molecule is CCCc1nc2c(c(=O)[nH]1)CN(Cc1nc(C)c(C)[nH]1)CC2. The molecule has 0 bridgehead atoms. The normalized spacial score (nSPS) is 15.0. The number of hydrogen-bond donors (Lipinski definition) is 2. The zero-order chi connectivity index (χ0) is 15.7. The number of H-pyrrole nitrogens is 2. The average Bonchev–Trinajstić information content (AvgIpc) is 2.78. The summed E-state index contributed by atoms with van der Waals surface area (Å²) < 4.78 is 0. The van der Waals surface area contributed by atoms with Gasteiger partial charge in [-0.1, -0.05) is 6.92 Å². The fraction of sp³-hybridized carbons (Fsp3) is 0.562. The van der Waals surface area contributed by atoms with Gasteiger partial charge in [-0.3, -0.25) is 9.69 Å². The maximum atomic E-state index is 12.3. The maximum Gasteiger partial charge on any atom is 0.255 e. The van der Waals surface area contributed by atoms with E-state index in [4.69, 9.17) is 0 Å². The zero-order valence-corrected chi connectivity index (χ0v) is 13.5. The highest BCUT2D eigenvalue weighted by atomic mass is 16.1. The van der Waals surface area contributed by atoms with E-state index in [9.17, 15) is 4.79 Å². The van der Waals surface area contributed by atoms with Crippen molar-refractivity contribution in [1.82, 2.24) is 24.8 Å². The Hall–Kier alpha value is -1.95. The van der Waals surface area contributed by atoms with Crippen LogP contribution in [0, 0.1) is 13.8 Å². The molecule has 6 nitrogen and oxygen atoms in total. The molecule has 0 atom stereocenters. The summed E-state index contributed by atoms with van der Waals surface area (Å²) in [5, 5.41) is 0. The quantitative estimate of drug-likeness (QED) is 0.899. The largest absolute Gasteiger partial charge is 0.345 e. The molecule has 0 spiro atoms. The molecule has 1 aliphatic rings. The van der Waals surface area contributed by atoms with Gasteiger partial charge >= 0.3 is 0 Å². The number of imidazole rings is 1. The predicted octanol–water partition coefficient (Wildman–Crippen LogP) is 1.62. The van der Waals surface area contributed by atoms with Gasteiger partial charge in [-0.05, 0) is 20.3 Å². The van der Waals surface area contributed by atoms with E-state index in [0.717, 1.165) is 66.6 Å². The number of aryl methyl sites for hydroxylation is 3. The molecule has 118 valence electrons. The topological polar surface area (TPSA) is 77.7 Å². The molecule has 0 fully saturated rings. The van der Waals surface area contributed by atoms with E-state index in [-0.39, 0.29) is 5.56 Å². The molecule has 3 heterocycles. The lowest BCUT2D eigenvalue weighted by Crippen LogP contribution is -2.36. The average molecular weight is 301 g/mol. The fourth-order valence-corrected chi connectivity index (χ4v) is 2.93. The van der Waals surface area contributed by atoms with Crippen LogP contribution in [0.15, 0.2) is 4.79 Å². The number of hydrogen-bond acceptors (Lipinski definition) is 4. The highest BCUT2D eigenvalue weighted by molar-refractivity contribution is 5.21. The van der Waals surface area contributed by atoms with Gasteiger partial charge in [0.05, 0.1) is 23.5 Å². The number of fused-ring (bicyclic) bond motifs is 1. The van der Waals surface area contributed by atoms with Gasteiger partial charge in [0.1, 0.15) is 11.6 Å². The molecule has 2 aromatic rings. The van der Waals surface area contributed by atoms with Gasteiger partial charge in [-0.25, -0.2) is 9.97 Å². The first-order chi connectivity index (χ1) is 10.6. The lowest BCUT2D eigenvalue weighted by Gasteiger charge is -2.26. The van der Waals surface area contributed by atoms with E-state index in [2.05, 4.69) is 31.8 Å². The van der Waals surface area contributed by atoms with Gasteiger partial charge in [0.2, 0.25) is 0 Å². The van der Waals surface area contributed by atoms with E-state index >= 15 is 0 Å². The molecule has 0 radical (unpaired) electrons. The van der Waals surface area contributed by atoms with Crippen molar-refractivity contribution < 1.29 is 0 Å². The summed E-state index contributed by atoms with van der Waals surface area (Å²) in [4.78, 5) is 29.9. The highest BCUT2D eigenvalue weighted by Crippen LogP contribution is 2.16. The minimum atomic E-state index is 0.0185. The Bertz CT molecular complexity index is 711. The van der Waals surface area contributed by atoms with Crippen LogP contribution in [0.1, 0.15) is 47.6 Å². The van der Waals surface area contributed by atoms with Crippen molar-refractivity contribution in [3.63, 3.8) is 0 Å². The monoisotopic (exact) mass is 301 g/mol. The van der Waals surface area contributed by atoms with Gasteiger partial charge in [-0.2, -0.15) is 0 Å². The predicted molar refractivity (Wildman–Crippen MR) is 84.7 cm³/mol. The van der Waals surface area contributed by atoms with Crippen LogP contribution >= 0.6 is 0 Å². The second-order valence-corrected chi connectivity index (χ2v) is 6.04. The third kappa shape index (κ3) is 2.97. The van der Waals surface area contributed by atoms with Crippen LogP contribution in [-0.4, -0.2) is 31.4 Å². The number of nitrogens with zero attached hydrogens (tertiary/aromatic N) is 3. The third-order valence-electron chi connectivity index (χ3n) is 4.23. The summed E-state index contributed by atoms with van der Waals surface area (Å²) in [6, 6.07) is 0. The van der Waals surface area contributed by atoms with Crippen LogP contribution in [0.3, 0.4) is 0 Å². The summed E-state index contributed by atoms with van der Waals surface area (Å²) in [5.41, 5.74) is 3.94. The second kappa shape index (κ2) is 6.04. The molecule has 1 aliphatic heterocycles. The van der Waals surface area contributed by atoms with Crippen LogP contribution in [0.2, 0.25) is 0 Å². The Balaban J connectivity index is 1.77. The lowest BCUT2D eigenvalue weighted by molar-refractivity contribution is 0.236. The van der Waals surface area contributed by atoms with E-state index in [1.165, 1.54) is 0 Å². The molecule has 3 rings (SSSR count). The number of aromatic nitrogens is 4. The van der Waals surface area contributed by atoms with E-state index in [0.29, 0.717) is 6.54 Å². The second-order valence-electron chi connectivity index (χ2n) is 6.04. The Kier molecular flexibility index (Phi) is 4.11. The molecule has 2 aromatic heterocycles. The summed E-state index contributed by atoms with van der Waals surface area (Å²) >= 11 is 0. The Morgan fingerprint density at radius 3 is 2.68 bits per heavy atom. The molecule has 0 aromatic carbocycles. The van der Waals surface area contributed by atoms with Crippen LogP contribution in [-0.2, 0) is 25.9 Å². The fourth-order valence-electron chi connectivity index (χ4n) is 2.93. The van der Waals surface area contributed by atoms with Crippen LogP contribution < -0.4 is 5.56 Å². The van der Waals surface area contributed by atoms with E-state index < -0.39 is 0 Å². The first-order valence-electron chi connectivity index (χ1n) is 7.92. The van der Waals surface area contributed by atoms with Crippen LogP contribution in [0.5, 0.6) is 0 Å². The molecule has 2 N–H and O–H groups in total. The Morgan fingerprint density at radius 2 is 2.00 bits per heavy atom. The molecule has 22 heavy (non-hydrogen) atoms. The molecule has 0 saturated heterocycles. The summed E-state index contributed by atoms with van der Waals surface area (Å²) in [7, 11) is 0. The van der Waals surface area contributed by atoms with Gasteiger partial charge < -0.3 is 9.97 Å². The minimum Gasteiger partial charge on any atom is -0.345 e. The standard InChI is InChI=1S/C16H23N5O/c1-4-5-14-19-13-6-7-21(8-12(13)16(22)20-14)9-15-17-10(2)11(3)18-15/h4-9H2,1-3H3,(H,17,18)(H,19,20,22). The number of rotatable bonds is 4. The van der Waals surface area contributed by atoms with Crippen LogP contribution in [0.25, 0.3) is 0 Å². The van der Waals surface area contributed by atoms with Crippen molar-refractivity contribution >= 4 is 0 Å². The Labute approximate surface area is 130 Å². The number of aromatic amines is 2. The smallest absolute Gasteiger partial charge is 0.255 e. The van der Waals surface area contributed by atoms with E-state index in [1.807, 2.05) is 13.8 Å². The minimum absolute atomic E-state index is 0.0185. The van der Waals surface area contributed by atoms with E-state index in [1.54, 1.807) is 0 Å². The van der Waals surface area contributed by atoms with Crippen molar-refractivity contribution in [3.8, 4) is 0 Å². The molecule has 0 aliphatic carbocycles. The number of nitrogens with one attached hydrogen (secondary N) is 2. The first kappa shape index (κ1) is 15.0. The van der Waals surface area contributed by atoms with Gasteiger partial charge in [0, 0.05) is 31.6 Å². The lowest BCUT2D eigenvalue weighted by atomic mass is 10.1. The highest BCUT2D eigenvalue weighted by Gasteiger charge is 2.21. The molecular weight excluding hydrogens is 278 g/mol. The first-order valence-corrected chi connectivity index (χ1v) is 7.92. The molecule has 6 heteroatoms. The summed E-state index contributed by atoms with van der Waals surface area (Å²) in [6.07, 6.45) is 2.65. The summed E-state index contributed by atoms with van der Waals surface area (Å²) in [6.45, 7) is 8.42. The molecular formula is C16H23N5O. The van der Waals surface area contributed by atoms with Crippen LogP contribution in [0.4, 0.5) is 0 Å². The van der Waals surface area contributed by atoms with Gasteiger partial charge in [0.15, 0.2) is 0 Å². The van der Waals surface area contributed by atoms with Crippen molar-refractivity contribution in [3.05, 3.63) is 44.6 Å². The summed E-state index contributed by atoms with van der Waals surface area (Å²) in [5.74, 6) is 1.78. The molecule has 0 saturated carbocycles. The van der Waals surface area contributed by atoms with Gasteiger partial charge in [0.25, 0.3) is 5.56 Å². The zero-order valence-electron chi connectivity index (χ0n) is 13.5. The Morgan fingerprint density at radius 1 is 1.18 bits per heavy atom. The van der Waals surface area contributed by atoms with Crippen molar-refractivity contribution in [2.45, 2.75) is 53.1 Å². The van der Waals surface area contributed by atoms with Crippen molar-refractivity contribution in [2.24, 2.45) is 0 Å². The third-order valence-corrected chi connectivity index (χ3v) is 4.23. The maximum absolute atomic E-state index is 12.3. The van der Waals surface area contributed by atoms with Crippen molar-refractivity contribution in [2.75, 3.05) is 6.54 Å². The van der Waals surface area contributed by atoms with Crippen molar-refractivity contribution in [1.29, 1.82) is 0 Å².